The van der Waals surface area contributed by atoms with E-state index in [0.717, 1.165) is 12.3 Å². The van der Waals surface area contributed by atoms with Crippen LogP contribution in [0.3, 0.4) is 0 Å². The maximum Gasteiger partial charge on any atom is 0.314 e. The smallest absolute Gasteiger partial charge is 0.314 e. The zero-order valence-corrected chi connectivity index (χ0v) is 14.2. The van der Waals surface area contributed by atoms with Gasteiger partial charge < -0.3 is 10.6 Å². The van der Waals surface area contributed by atoms with Gasteiger partial charge in [0.25, 0.3) is 0 Å². The zero-order valence-electron chi connectivity index (χ0n) is 13.4. The van der Waals surface area contributed by atoms with Gasteiger partial charge in [-0.3, -0.25) is 0 Å². The number of rotatable bonds is 8. The van der Waals surface area contributed by atoms with E-state index >= 15 is 0 Å². The molecule has 1 saturated carbocycles. The second-order valence-electron chi connectivity index (χ2n) is 6.37. The summed E-state index contributed by atoms with van der Waals surface area (Å²) in [5.41, 5.74) is 0. The molecule has 1 fully saturated rings. The number of hydrogen-bond acceptors (Lipinski definition) is 3. The summed E-state index contributed by atoms with van der Waals surface area (Å²) in [5.74, 6) is 0.950. The average molecular weight is 318 g/mol. The summed E-state index contributed by atoms with van der Waals surface area (Å²) in [7, 11) is -2.94. The van der Waals surface area contributed by atoms with Crippen LogP contribution in [0.2, 0.25) is 0 Å². The molecule has 2 amide bonds. The molecule has 1 rings (SSSR count). The molecular weight excluding hydrogens is 288 g/mol. The summed E-state index contributed by atoms with van der Waals surface area (Å²) < 4.78 is 21.9. The first kappa shape index (κ1) is 18.3. The average Bonchev–Trinajstić information content (AvgIpc) is 2.41. The maximum atomic E-state index is 11.7. The van der Waals surface area contributed by atoms with Crippen LogP contribution >= 0.6 is 0 Å². The maximum absolute atomic E-state index is 11.7. The molecule has 0 spiro atoms. The van der Waals surface area contributed by atoms with Gasteiger partial charge in [0.2, 0.25) is 0 Å². The molecule has 0 aromatic carbocycles. The number of amides is 2. The Kier molecular flexibility index (Phi) is 8.07. The molecule has 21 heavy (non-hydrogen) atoms. The first-order chi connectivity index (χ1) is 9.87. The highest BCUT2D eigenvalue weighted by Crippen LogP contribution is 2.27. The van der Waals surface area contributed by atoms with Crippen LogP contribution in [0, 0.1) is 5.92 Å². The molecule has 0 aromatic rings. The summed E-state index contributed by atoms with van der Waals surface area (Å²) in [4.78, 5) is 11.7. The van der Waals surface area contributed by atoms with Gasteiger partial charge in [-0.25, -0.2) is 13.2 Å². The molecule has 124 valence electrons. The van der Waals surface area contributed by atoms with Gasteiger partial charge in [-0.15, -0.1) is 0 Å². The summed E-state index contributed by atoms with van der Waals surface area (Å²) in [5, 5.41) is 5.63. The predicted octanol–water partition coefficient (Wildman–Crippen LogP) is 2.47. The third-order valence-corrected chi connectivity index (χ3v) is 5.12. The predicted molar refractivity (Wildman–Crippen MR) is 86.1 cm³/mol. The lowest BCUT2D eigenvalue weighted by molar-refractivity contribution is 0.235. The molecule has 0 aliphatic heterocycles. The minimum atomic E-state index is -2.94. The standard InChI is InChI=1S/C15H30N2O3S/c1-13(9-10-14-7-4-3-5-8-14)17-15(18)16-11-6-12-21(2,19)20/h13-14H,3-12H2,1-2H3,(H2,16,17,18)/t13-/m0/s1. The second kappa shape index (κ2) is 9.28. The van der Waals surface area contributed by atoms with Crippen LogP contribution in [0.15, 0.2) is 0 Å². The molecule has 0 heterocycles. The van der Waals surface area contributed by atoms with Crippen LogP contribution in [0.4, 0.5) is 4.79 Å². The second-order valence-corrected chi connectivity index (χ2v) is 8.63. The fourth-order valence-corrected chi connectivity index (χ4v) is 3.51. The molecule has 0 bridgehead atoms. The molecule has 5 nitrogen and oxygen atoms in total. The van der Waals surface area contributed by atoms with Crippen LogP contribution < -0.4 is 10.6 Å². The lowest BCUT2D eigenvalue weighted by Crippen LogP contribution is -2.41. The molecular formula is C15H30N2O3S. The fourth-order valence-electron chi connectivity index (χ4n) is 2.84. The van der Waals surface area contributed by atoms with Crippen molar-refractivity contribution >= 4 is 15.9 Å². The number of carbonyl (C=O) groups is 1. The van der Waals surface area contributed by atoms with Crippen molar-refractivity contribution < 1.29 is 13.2 Å². The summed E-state index contributed by atoms with van der Waals surface area (Å²) in [6, 6.07) is -0.0264. The normalized spacial score (nSPS) is 18.2. The van der Waals surface area contributed by atoms with Gasteiger partial charge in [-0.2, -0.15) is 0 Å². The van der Waals surface area contributed by atoms with E-state index in [0.29, 0.717) is 13.0 Å². The topological polar surface area (TPSA) is 75.3 Å². The van der Waals surface area contributed by atoms with Gasteiger partial charge >= 0.3 is 6.03 Å². The van der Waals surface area contributed by atoms with E-state index in [9.17, 15) is 13.2 Å². The number of sulfone groups is 1. The third-order valence-electron chi connectivity index (χ3n) is 4.09. The van der Waals surface area contributed by atoms with Crippen molar-refractivity contribution in [2.75, 3.05) is 18.6 Å². The van der Waals surface area contributed by atoms with Crippen LogP contribution in [0.25, 0.3) is 0 Å². The van der Waals surface area contributed by atoms with Crippen molar-refractivity contribution in [1.29, 1.82) is 0 Å². The first-order valence-electron chi connectivity index (χ1n) is 8.09. The third kappa shape index (κ3) is 9.72. The first-order valence-corrected chi connectivity index (χ1v) is 10.1. The number of urea groups is 1. The minimum absolute atomic E-state index is 0.116. The molecule has 1 atom stereocenters. The van der Waals surface area contributed by atoms with Gasteiger partial charge in [-0.1, -0.05) is 32.1 Å². The van der Waals surface area contributed by atoms with Crippen molar-refractivity contribution in [3.8, 4) is 0 Å². The minimum Gasteiger partial charge on any atom is -0.338 e. The quantitative estimate of drug-likeness (QED) is 0.675. The van der Waals surface area contributed by atoms with Crippen LogP contribution in [-0.4, -0.2) is 39.0 Å². The summed E-state index contributed by atoms with van der Waals surface area (Å²) >= 11 is 0. The molecule has 0 saturated heterocycles. The Morgan fingerprint density at radius 2 is 1.90 bits per heavy atom. The van der Waals surface area contributed by atoms with E-state index < -0.39 is 9.84 Å². The number of nitrogens with one attached hydrogen (secondary N) is 2. The van der Waals surface area contributed by atoms with E-state index in [-0.39, 0.29) is 17.8 Å². The molecule has 6 heteroatoms. The number of carbonyl (C=O) groups excluding carboxylic acids is 1. The van der Waals surface area contributed by atoms with Gasteiger partial charge in [0.05, 0.1) is 5.75 Å². The van der Waals surface area contributed by atoms with E-state index in [1.807, 2.05) is 6.92 Å². The van der Waals surface area contributed by atoms with E-state index in [4.69, 9.17) is 0 Å². The Bertz CT molecular complexity index is 403. The number of hydrogen-bond donors (Lipinski definition) is 2. The van der Waals surface area contributed by atoms with Crippen molar-refractivity contribution in [2.24, 2.45) is 5.92 Å². The Labute approximate surface area is 129 Å². The lowest BCUT2D eigenvalue weighted by Gasteiger charge is -2.23. The van der Waals surface area contributed by atoms with Crippen LogP contribution in [0.5, 0.6) is 0 Å². The van der Waals surface area contributed by atoms with Crippen LogP contribution in [-0.2, 0) is 9.84 Å². The molecule has 0 radical (unpaired) electrons. The van der Waals surface area contributed by atoms with Gasteiger partial charge in [0, 0.05) is 18.8 Å². The lowest BCUT2D eigenvalue weighted by atomic mass is 9.85. The monoisotopic (exact) mass is 318 g/mol. The van der Waals surface area contributed by atoms with E-state index in [2.05, 4.69) is 10.6 Å². The largest absolute Gasteiger partial charge is 0.338 e. The van der Waals surface area contributed by atoms with E-state index in [1.54, 1.807) is 0 Å². The Balaban J connectivity index is 2.07. The molecule has 1 aliphatic rings. The SMILES string of the molecule is C[C@@H](CCC1CCCCC1)NC(=O)NCCCS(C)(=O)=O. The van der Waals surface area contributed by atoms with Gasteiger partial charge in [-0.05, 0) is 32.1 Å². The van der Waals surface area contributed by atoms with Crippen molar-refractivity contribution in [3.63, 3.8) is 0 Å². The zero-order chi connectivity index (χ0) is 15.7. The molecule has 0 unspecified atom stereocenters. The molecule has 2 N–H and O–H groups in total. The van der Waals surface area contributed by atoms with Gasteiger partial charge in [0.1, 0.15) is 9.84 Å². The fraction of sp³-hybridized carbons (Fsp3) is 0.933. The Morgan fingerprint density at radius 3 is 2.52 bits per heavy atom. The Hall–Kier alpha value is -0.780. The Morgan fingerprint density at radius 1 is 1.24 bits per heavy atom. The highest BCUT2D eigenvalue weighted by atomic mass is 32.2. The molecule has 0 aromatic heterocycles. The summed E-state index contributed by atoms with van der Waals surface area (Å²) in [6.07, 6.45) is 10.6. The van der Waals surface area contributed by atoms with Crippen molar-refractivity contribution in [2.45, 2.75) is 64.3 Å². The van der Waals surface area contributed by atoms with Gasteiger partial charge in [0.15, 0.2) is 0 Å². The van der Waals surface area contributed by atoms with E-state index in [1.165, 1.54) is 44.8 Å². The van der Waals surface area contributed by atoms with Crippen LogP contribution in [0.1, 0.15) is 58.3 Å². The highest BCUT2D eigenvalue weighted by molar-refractivity contribution is 7.90. The highest BCUT2D eigenvalue weighted by Gasteiger charge is 2.15. The van der Waals surface area contributed by atoms with Crippen molar-refractivity contribution in [1.82, 2.24) is 10.6 Å². The van der Waals surface area contributed by atoms with Crippen molar-refractivity contribution in [3.05, 3.63) is 0 Å². The molecule has 1 aliphatic carbocycles. The summed E-state index contributed by atoms with van der Waals surface area (Å²) in [6.45, 7) is 2.42.